The van der Waals surface area contributed by atoms with Crippen LogP contribution in [-0.4, -0.2) is 15.0 Å². The highest BCUT2D eigenvalue weighted by Gasteiger charge is 2.35. The maximum absolute atomic E-state index is 6.24. The van der Waals surface area contributed by atoms with Crippen molar-refractivity contribution < 1.29 is 4.42 Å². The van der Waals surface area contributed by atoms with Crippen molar-refractivity contribution in [3.8, 4) is 45.3 Å². The second-order valence-electron chi connectivity index (χ2n) is 13.2. The molecule has 0 spiro atoms. The predicted octanol–water partition coefficient (Wildman–Crippen LogP) is 11.4. The molecule has 0 atom stereocenters. The first kappa shape index (κ1) is 27.0. The second kappa shape index (κ2) is 9.93. The Morgan fingerprint density at radius 3 is 1.94 bits per heavy atom. The maximum Gasteiger partial charge on any atom is 0.164 e. The molecule has 0 bridgehead atoms. The van der Waals surface area contributed by atoms with E-state index in [4.69, 9.17) is 19.4 Å². The fraction of sp³-hybridized carbons (Fsp3) is 0.0682. The number of fused-ring (bicyclic) bond motifs is 10. The van der Waals surface area contributed by atoms with E-state index >= 15 is 0 Å². The molecule has 0 aliphatic heterocycles. The van der Waals surface area contributed by atoms with Crippen LogP contribution in [0.4, 0.5) is 0 Å². The summed E-state index contributed by atoms with van der Waals surface area (Å²) in [7, 11) is 0. The normalized spacial score (nSPS) is 13.4. The van der Waals surface area contributed by atoms with Gasteiger partial charge in [0.25, 0.3) is 0 Å². The van der Waals surface area contributed by atoms with Gasteiger partial charge in [0, 0.05) is 38.3 Å². The topological polar surface area (TPSA) is 51.8 Å². The molecule has 0 fully saturated rings. The minimum absolute atomic E-state index is 0.118. The van der Waals surface area contributed by atoms with E-state index in [1.54, 1.807) is 0 Å². The van der Waals surface area contributed by atoms with Crippen molar-refractivity contribution in [2.75, 3.05) is 0 Å². The minimum Gasteiger partial charge on any atom is -0.456 e. The van der Waals surface area contributed by atoms with Crippen molar-refractivity contribution in [2.24, 2.45) is 0 Å². The van der Waals surface area contributed by atoms with E-state index in [9.17, 15) is 0 Å². The van der Waals surface area contributed by atoms with Crippen LogP contribution in [0.5, 0.6) is 0 Å². The van der Waals surface area contributed by atoms with E-state index in [1.807, 2.05) is 30.3 Å². The lowest BCUT2D eigenvalue weighted by Gasteiger charge is -2.21. The van der Waals surface area contributed by atoms with Crippen LogP contribution < -0.4 is 0 Å². The van der Waals surface area contributed by atoms with Crippen LogP contribution in [0.25, 0.3) is 88.8 Å². The van der Waals surface area contributed by atoms with Gasteiger partial charge in [-0.15, -0.1) is 0 Å². The lowest BCUT2D eigenvalue weighted by atomic mass is 9.82. The summed E-state index contributed by atoms with van der Waals surface area (Å²) in [4.78, 5) is 15.2. The number of hydrogen-bond acceptors (Lipinski definition) is 4. The first-order chi connectivity index (χ1) is 23.5. The van der Waals surface area contributed by atoms with E-state index in [-0.39, 0.29) is 5.41 Å². The third-order valence-corrected chi connectivity index (χ3v) is 10.1. The van der Waals surface area contributed by atoms with Crippen LogP contribution in [0.1, 0.15) is 25.0 Å². The lowest BCUT2D eigenvalue weighted by Crippen LogP contribution is -2.15. The molecule has 2 aromatic heterocycles. The van der Waals surface area contributed by atoms with Gasteiger partial charge < -0.3 is 4.42 Å². The van der Waals surface area contributed by atoms with Crippen LogP contribution >= 0.6 is 0 Å². The zero-order valence-corrected chi connectivity index (χ0v) is 26.5. The fourth-order valence-corrected chi connectivity index (χ4v) is 7.70. The van der Waals surface area contributed by atoms with Gasteiger partial charge >= 0.3 is 0 Å². The molecule has 1 aliphatic rings. The summed E-state index contributed by atoms with van der Waals surface area (Å²) in [5.74, 6) is 1.97. The van der Waals surface area contributed by atoms with E-state index in [0.717, 1.165) is 44.0 Å². The number of furan rings is 1. The zero-order valence-electron chi connectivity index (χ0n) is 26.5. The largest absolute Gasteiger partial charge is 0.456 e. The van der Waals surface area contributed by atoms with Gasteiger partial charge in [-0.05, 0) is 62.7 Å². The minimum atomic E-state index is -0.118. The number of aromatic nitrogens is 3. The van der Waals surface area contributed by atoms with Crippen molar-refractivity contribution >= 4 is 43.5 Å². The van der Waals surface area contributed by atoms with Crippen LogP contribution in [0.3, 0.4) is 0 Å². The molecule has 2 heterocycles. The Balaban J connectivity index is 1.16. The molecule has 0 radical (unpaired) electrons. The van der Waals surface area contributed by atoms with Gasteiger partial charge in [-0.3, -0.25) is 0 Å². The van der Waals surface area contributed by atoms with E-state index in [0.29, 0.717) is 17.5 Å². The van der Waals surface area contributed by atoms with Gasteiger partial charge in [0.15, 0.2) is 17.5 Å². The standard InChI is InChI=1S/C44H29N3O/c1-44(2)35-14-8-6-12-32(35)33-22-19-30(25-36(33)44)43-46-41(27-10-4-3-5-11-27)45-42(47-43)29-18-21-31-28(24-29)17-16-26-20-23-38-40(39(26)31)34-13-7-9-15-37(34)48-38/h3-25H,1-2H3. The molecular weight excluding hydrogens is 587 g/mol. The summed E-state index contributed by atoms with van der Waals surface area (Å²) in [6, 6.07) is 49.0. The number of nitrogens with zero attached hydrogens (tertiary/aromatic N) is 3. The highest BCUT2D eigenvalue weighted by Crippen LogP contribution is 2.49. The highest BCUT2D eigenvalue weighted by atomic mass is 16.3. The SMILES string of the molecule is CC1(C)c2ccccc2-c2ccc(-c3nc(-c4ccccc4)nc(-c4ccc5c(ccc6ccc7oc8ccccc8c7c65)c4)n3)cc21. The van der Waals surface area contributed by atoms with Gasteiger partial charge in [0.05, 0.1) is 0 Å². The summed E-state index contributed by atoms with van der Waals surface area (Å²) in [6.07, 6.45) is 0. The van der Waals surface area contributed by atoms with Crippen LogP contribution in [0.15, 0.2) is 144 Å². The molecule has 4 nitrogen and oxygen atoms in total. The van der Waals surface area contributed by atoms with Gasteiger partial charge in [-0.25, -0.2) is 15.0 Å². The van der Waals surface area contributed by atoms with Crippen molar-refractivity contribution in [3.05, 3.63) is 151 Å². The average Bonchev–Trinajstić information content (AvgIpc) is 3.63. The fourth-order valence-electron chi connectivity index (χ4n) is 7.70. The Labute approximate surface area is 277 Å². The monoisotopic (exact) mass is 615 g/mol. The molecule has 1 aliphatic carbocycles. The lowest BCUT2D eigenvalue weighted by molar-refractivity contribution is 0.660. The molecule has 9 aromatic rings. The Kier molecular flexibility index (Phi) is 5.59. The molecule has 0 unspecified atom stereocenters. The summed E-state index contributed by atoms with van der Waals surface area (Å²) in [5, 5.41) is 6.96. The van der Waals surface area contributed by atoms with Crippen molar-refractivity contribution in [1.82, 2.24) is 15.0 Å². The molecule has 0 N–H and O–H groups in total. The van der Waals surface area contributed by atoms with Crippen molar-refractivity contribution in [3.63, 3.8) is 0 Å². The van der Waals surface area contributed by atoms with Crippen LogP contribution in [0.2, 0.25) is 0 Å². The van der Waals surface area contributed by atoms with E-state index < -0.39 is 0 Å². The Bertz CT molecular complexity index is 2760. The van der Waals surface area contributed by atoms with Gasteiger partial charge in [-0.1, -0.05) is 129 Å². The van der Waals surface area contributed by atoms with E-state index in [1.165, 1.54) is 38.4 Å². The molecule has 10 rings (SSSR count). The van der Waals surface area contributed by atoms with Crippen molar-refractivity contribution in [2.45, 2.75) is 19.3 Å². The number of hydrogen-bond donors (Lipinski definition) is 0. The summed E-state index contributed by atoms with van der Waals surface area (Å²) < 4.78 is 6.24. The van der Waals surface area contributed by atoms with Gasteiger partial charge in [0.1, 0.15) is 11.2 Å². The smallest absolute Gasteiger partial charge is 0.164 e. The third kappa shape index (κ3) is 3.93. The highest BCUT2D eigenvalue weighted by molar-refractivity contribution is 6.26. The Hall–Kier alpha value is -6.13. The third-order valence-electron chi connectivity index (χ3n) is 10.1. The maximum atomic E-state index is 6.24. The van der Waals surface area contributed by atoms with Gasteiger partial charge in [0.2, 0.25) is 0 Å². The van der Waals surface area contributed by atoms with Gasteiger partial charge in [-0.2, -0.15) is 0 Å². The average molecular weight is 616 g/mol. The number of benzene rings is 7. The molecule has 4 heteroatoms. The van der Waals surface area contributed by atoms with Crippen LogP contribution in [0, 0.1) is 0 Å². The number of rotatable bonds is 3. The van der Waals surface area contributed by atoms with E-state index in [2.05, 4.69) is 123 Å². The summed E-state index contributed by atoms with van der Waals surface area (Å²) in [6.45, 7) is 4.60. The Morgan fingerprint density at radius 1 is 0.438 bits per heavy atom. The Morgan fingerprint density at radius 2 is 1.08 bits per heavy atom. The molecule has 7 aromatic carbocycles. The molecule has 0 amide bonds. The van der Waals surface area contributed by atoms with Crippen molar-refractivity contribution in [1.29, 1.82) is 0 Å². The molecule has 0 saturated carbocycles. The zero-order chi connectivity index (χ0) is 32.0. The second-order valence-corrected chi connectivity index (χ2v) is 13.2. The quantitative estimate of drug-likeness (QED) is 0.186. The predicted molar refractivity (Wildman–Crippen MR) is 196 cm³/mol. The summed E-state index contributed by atoms with van der Waals surface area (Å²) in [5.41, 5.74) is 9.78. The molecule has 48 heavy (non-hydrogen) atoms. The first-order valence-electron chi connectivity index (χ1n) is 16.4. The molecule has 0 saturated heterocycles. The molecular formula is C44H29N3O. The van der Waals surface area contributed by atoms with Crippen LogP contribution in [-0.2, 0) is 5.41 Å². The first-order valence-corrected chi connectivity index (χ1v) is 16.4. The summed E-state index contributed by atoms with van der Waals surface area (Å²) >= 11 is 0. The number of para-hydroxylation sites is 1. The molecule has 226 valence electrons.